The van der Waals surface area contributed by atoms with Crippen molar-refractivity contribution in [3.05, 3.63) is 46.8 Å². The maximum absolute atomic E-state index is 13.8. The van der Waals surface area contributed by atoms with Crippen LogP contribution in [-0.4, -0.2) is 21.3 Å². The number of nitrogens with one attached hydrogen (secondary N) is 1. The minimum Gasteiger partial charge on any atom is -0.310 e. The summed E-state index contributed by atoms with van der Waals surface area (Å²) in [5.41, 5.74) is 0.435. The first-order valence-electron chi connectivity index (χ1n) is 6.58. The predicted octanol–water partition coefficient (Wildman–Crippen LogP) is 2.86. The topological polar surface area (TPSA) is 42.7 Å². The molecule has 0 aliphatic heterocycles. The van der Waals surface area contributed by atoms with Gasteiger partial charge in [0, 0.05) is 10.6 Å². The normalized spacial score (nSPS) is 11.2. The molecule has 1 heterocycles. The molecule has 0 bridgehead atoms. The summed E-state index contributed by atoms with van der Waals surface area (Å²) in [7, 11) is 0. The number of benzene rings is 1. The van der Waals surface area contributed by atoms with Gasteiger partial charge in [-0.2, -0.15) is 5.10 Å². The van der Waals surface area contributed by atoms with Crippen molar-refractivity contribution in [3.63, 3.8) is 0 Å². The van der Waals surface area contributed by atoms with Crippen LogP contribution < -0.4 is 5.32 Å². The second-order valence-corrected chi connectivity index (χ2v) is 5.47. The molecule has 0 spiro atoms. The van der Waals surface area contributed by atoms with E-state index in [4.69, 9.17) is 11.6 Å². The van der Waals surface area contributed by atoms with Crippen molar-refractivity contribution in [2.45, 2.75) is 26.9 Å². The van der Waals surface area contributed by atoms with Crippen LogP contribution in [0.2, 0.25) is 5.02 Å². The summed E-state index contributed by atoms with van der Waals surface area (Å²) in [6, 6.07) is 4.66. The molecule has 0 aliphatic carbocycles. The van der Waals surface area contributed by atoms with Gasteiger partial charge >= 0.3 is 0 Å². The van der Waals surface area contributed by atoms with Gasteiger partial charge in [0.15, 0.2) is 0 Å². The smallest absolute Gasteiger partial charge is 0.141 e. The second-order valence-electron chi connectivity index (χ2n) is 5.06. The molecule has 6 heteroatoms. The number of rotatable bonds is 6. The molecule has 2 rings (SSSR count). The summed E-state index contributed by atoms with van der Waals surface area (Å²) >= 11 is 6.03. The van der Waals surface area contributed by atoms with E-state index in [-0.39, 0.29) is 12.4 Å². The SMILES string of the molecule is CC(C)CNCc1ncnn1Cc1c(F)cccc1Cl. The summed E-state index contributed by atoms with van der Waals surface area (Å²) in [5, 5.41) is 7.83. The Morgan fingerprint density at radius 3 is 2.90 bits per heavy atom. The van der Waals surface area contributed by atoms with Crippen LogP contribution in [0.5, 0.6) is 0 Å². The molecule has 0 fully saturated rings. The number of aromatic nitrogens is 3. The number of nitrogens with zero attached hydrogens (tertiary/aromatic N) is 3. The fourth-order valence-corrected chi connectivity index (χ4v) is 2.09. The van der Waals surface area contributed by atoms with Crippen LogP contribution in [0, 0.1) is 11.7 Å². The van der Waals surface area contributed by atoms with E-state index in [0.717, 1.165) is 12.4 Å². The molecule has 1 N–H and O–H groups in total. The third kappa shape index (κ3) is 3.77. The van der Waals surface area contributed by atoms with E-state index in [2.05, 4.69) is 29.2 Å². The first-order chi connectivity index (χ1) is 9.58. The van der Waals surface area contributed by atoms with Crippen LogP contribution in [0.4, 0.5) is 4.39 Å². The third-order valence-corrected chi connectivity index (χ3v) is 3.26. The van der Waals surface area contributed by atoms with E-state index in [1.54, 1.807) is 16.8 Å². The molecule has 108 valence electrons. The Morgan fingerprint density at radius 2 is 2.20 bits per heavy atom. The number of hydrogen-bond donors (Lipinski definition) is 1. The standard InChI is InChI=1S/C14H18ClFN4/c1-10(2)6-17-7-14-18-9-19-20(14)8-11-12(15)4-3-5-13(11)16/h3-5,9-10,17H,6-8H2,1-2H3. The Balaban J connectivity index is 2.09. The van der Waals surface area contributed by atoms with Gasteiger partial charge in [-0.25, -0.2) is 14.1 Å². The summed E-state index contributed by atoms with van der Waals surface area (Å²) < 4.78 is 15.4. The van der Waals surface area contributed by atoms with Gasteiger partial charge in [-0.1, -0.05) is 31.5 Å². The lowest BCUT2D eigenvalue weighted by Gasteiger charge is -2.10. The quantitative estimate of drug-likeness (QED) is 0.891. The van der Waals surface area contributed by atoms with E-state index < -0.39 is 0 Å². The van der Waals surface area contributed by atoms with Crippen molar-refractivity contribution in [3.8, 4) is 0 Å². The van der Waals surface area contributed by atoms with Gasteiger partial charge in [-0.3, -0.25) is 0 Å². The highest BCUT2D eigenvalue weighted by Gasteiger charge is 2.11. The zero-order chi connectivity index (χ0) is 14.5. The summed E-state index contributed by atoms with van der Waals surface area (Å²) in [6.07, 6.45) is 1.47. The van der Waals surface area contributed by atoms with Crippen LogP contribution in [0.1, 0.15) is 25.2 Å². The van der Waals surface area contributed by atoms with Gasteiger partial charge in [-0.15, -0.1) is 0 Å². The Labute approximate surface area is 123 Å². The predicted molar refractivity (Wildman–Crippen MR) is 77.1 cm³/mol. The monoisotopic (exact) mass is 296 g/mol. The molecule has 0 saturated carbocycles. The maximum atomic E-state index is 13.8. The van der Waals surface area contributed by atoms with Crippen LogP contribution in [-0.2, 0) is 13.1 Å². The van der Waals surface area contributed by atoms with Crippen LogP contribution in [0.25, 0.3) is 0 Å². The van der Waals surface area contributed by atoms with Gasteiger partial charge in [0.25, 0.3) is 0 Å². The lowest BCUT2D eigenvalue weighted by molar-refractivity contribution is 0.518. The summed E-state index contributed by atoms with van der Waals surface area (Å²) in [4.78, 5) is 4.19. The molecule has 0 unspecified atom stereocenters. The van der Waals surface area contributed by atoms with E-state index in [0.29, 0.717) is 23.0 Å². The van der Waals surface area contributed by atoms with Crippen LogP contribution in [0.3, 0.4) is 0 Å². The molecule has 20 heavy (non-hydrogen) atoms. The first-order valence-corrected chi connectivity index (χ1v) is 6.96. The lowest BCUT2D eigenvalue weighted by atomic mass is 10.2. The summed E-state index contributed by atoms with van der Waals surface area (Å²) in [5.74, 6) is 1.01. The molecular weight excluding hydrogens is 279 g/mol. The first kappa shape index (κ1) is 14.9. The van der Waals surface area contributed by atoms with Crippen molar-refractivity contribution in [1.82, 2.24) is 20.1 Å². The maximum Gasteiger partial charge on any atom is 0.141 e. The number of hydrogen-bond acceptors (Lipinski definition) is 3. The van der Waals surface area contributed by atoms with E-state index in [9.17, 15) is 4.39 Å². The highest BCUT2D eigenvalue weighted by atomic mass is 35.5. The zero-order valence-electron chi connectivity index (χ0n) is 11.6. The van der Waals surface area contributed by atoms with Gasteiger partial charge in [0.2, 0.25) is 0 Å². The van der Waals surface area contributed by atoms with E-state index >= 15 is 0 Å². The minimum atomic E-state index is -0.325. The Morgan fingerprint density at radius 1 is 1.40 bits per heavy atom. The van der Waals surface area contributed by atoms with Crippen LogP contribution in [0.15, 0.2) is 24.5 Å². The molecule has 1 aromatic carbocycles. The van der Waals surface area contributed by atoms with Gasteiger partial charge in [-0.05, 0) is 24.6 Å². The van der Waals surface area contributed by atoms with Gasteiger partial charge in [0.05, 0.1) is 13.1 Å². The van der Waals surface area contributed by atoms with Gasteiger partial charge < -0.3 is 5.32 Å². The highest BCUT2D eigenvalue weighted by Crippen LogP contribution is 2.20. The zero-order valence-corrected chi connectivity index (χ0v) is 12.4. The molecular formula is C14H18ClFN4. The van der Waals surface area contributed by atoms with Crippen LogP contribution >= 0.6 is 11.6 Å². The van der Waals surface area contributed by atoms with E-state index in [1.807, 2.05) is 0 Å². The lowest BCUT2D eigenvalue weighted by Crippen LogP contribution is -2.22. The van der Waals surface area contributed by atoms with Crippen molar-refractivity contribution in [2.75, 3.05) is 6.54 Å². The summed E-state index contributed by atoms with van der Waals surface area (Å²) in [6.45, 7) is 6.05. The second kappa shape index (κ2) is 6.81. The number of halogens is 2. The van der Waals surface area contributed by atoms with Gasteiger partial charge in [0.1, 0.15) is 18.0 Å². The Kier molecular flexibility index (Phi) is 5.09. The third-order valence-electron chi connectivity index (χ3n) is 2.90. The molecule has 0 saturated heterocycles. The molecule has 0 radical (unpaired) electrons. The van der Waals surface area contributed by atoms with Crippen molar-refractivity contribution in [1.29, 1.82) is 0 Å². The fourth-order valence-electron chi connectivity index (χ4n) is 1.86. The molecule has 0 aliphatic rings. The van der Waals surface area contributed by atoms with Crippen molar-refractivity contribution < 1.29 is 4.39 Å². The van der Waals surface area contributed by atoms with Crippen molar-refractivity contribution >= 4 is 11.6 Å². The fraction of sp³-hybridized carbons (Fsp3) is 0.429. The Bertz CT molecular complexity index is 548. The average Bonchev–Trinajstić information content (AvgIpc) is 2.81. The Hall–Kier alpha value is -1.46. The molecule has 2 aromatic rings. The highest BCUT2D eigenvalue weighted by molar-refractivity contribution is 6.31. The largest absolute Gasteiger partial charge is 0.310 e. The minimum absolute atomic E-state index is 0.282. The van der Waals surface area contributed by atoms with Crippen molar-refractivity contribution in [2.24, 2.45) is 5.92 Å². The van der Waals surface area contributed by atoms with E-state index in [1.165, 1.54) is 12.4 Å². The average molecular weight is 297 g/mol. The molecule has 4 nitrogen and oxygen atoms in total. The molecule has 1 aromatic heterocycles. The molecule has 0 atom stereocenters. The molecule has 0 amide bonds.